The fourth-order valence-electron chi connectivity index (χ4n) is 2.62. The van der Waals surface area contributed by atoms with E-state index in [9.17, 15) is 9.59 Å². The van der Waals surface area contributed by atoms with Crippen molar-refractivity contribution in [1.82, 2.24) is 0 Å². The minimum atomic E-state index is -0.405. The standard InChI is InChI=1S/C22H18ClNO4/c1-27-20-9-5-2-6-15(20)14-21(25)28-17-12-10-16(11-13-17)24-22(26)18-7-3-4-8-19(18)23/h2-13H,14H2,1H3,(H,24,26). The van der Waals surface area contributed by atoms with Crippen molar-refractivity contribution in [2.75, 3.05) is 12.4 Å². The van der Waals surface area contributed by atoms with E-state index in [0.717, 1.165) is 5.56 Å². The number of para-hydroxylation sites is 1. The van der Waals surface area contributed by atoms with Crippen LogP contribution < -0.4 is 14.8 Å². The van der Waals surface area contributed by atoms with E-state index in [0.29, 0.717) is 27.8 Å². The molecule has 0 aromatic heterocycles. The second kappa shape index (κ2) is 9.06. The molecule has 0 saturated carbocycles. The van der Waals surface area contributed by atoms with Crippen molar-refractivity contribution in [3.8, 4) is 11.5 Å². The van der Waals surface area contributed by atoms with E-state index in [1.165, 1.54) is 0 Å². The number of carbonyl (C=O) groups is 2. The predicted octanol–water partition coefficient (Wildman–Crippen LogP) is 4.75. The number of benzene rings is 3. The Hall–Kier alpha value is -3.31. The number of esters is 1. The van der Waals surface area contributed by atoms with Gasteiger partial charge in [0.05, 0.1) is 24.1 Å². The second-order valence-corrected chi connectivity index (χ2v) is 6.33. The van der Waals surface area contributed by atoms with Crippen LogP contribution in [0.25, 0.3) is 0 Å². The first kappa shape index (κ1) is 19.5. The fraction of sp³-hybridized carbons (Fsp3) is 0.0909. The Balaban J connectivity index is 1.60. The van der Waals surface area contributed by atoms with E-state index in [1.807, 2.05) is 18.2 Å². The van der Waals surface area contributed by atoms with Crippen LogP contribution in [0.2, 0.25) is 5.02 Å². The zero-order valence-electron chi connectivity index (χ0n) is 15.1. The quantitative estimate of drug-likeness (QED) is 0.483. The molecule has 0 saturated heterocycles. The van der Waals surface area contributed by atoms with Crippen molar-refractivity contribution in [3.05, 3.63) is 88.9 Å². The van der Waals surface area contributed by atoms with E-state index in [4.69, 9.17) is 21.1 Å². The molecule has 142 valence electrons. The number of hydrogen-bond acceptors (Lipinski definition) is 4. The molecule has 3 aromatic carbocycles. The third-order valence-corrected chi connectivity index (χ3v) is 4.32. The average molecular weight is 396 g/mol. The van der Waals surface area contributed by atoms with Gasteiger partial charge in [0.25, 0.3) is 5.91 Å². The lowest BCUT2D eigenvalue weighted by molar-refractivity contribution is -0.133. The molecule has 1 amide bonds. The van der Waals surface area contributed by atoms with E-state index in [-0.39, 0.29) is 12.3 Å². The minimum absolute atomic E-state index is 0.0923. The van der Waals surface area contributed by atoms with Crippen molar-refractivity contribution >= 4 is 29.2 Å². The molecule has 0 bridgehead atoms. The van der Waals surface area contributed by atoms with Crippen LogP contribution in [0.3, 0.4) is 0 Å². The molecule has 3 rings (SSSR count). The molecule has 0 aliphatic rings. The van der Waals surface area contributed by atoms with Gasteiger partial charge in [0, 0.05) is 11.3 Å². The number of carbonyl (C=O) groups excluding carboxylic acids is 2. The summed E-state index contributed by atoms with van der Waals surface area (Å²) in [4.78, 5) is 24.4. The number of anilines is 1. The van der Waals surface area contributed by atoms with E-state index < -0.39 is 5.97 Å². The first-order valence-corrected chi connectivity index (χ1v) is 8.93. The second-order valence-electron chi connectivity index (χ2n) is 5.92. The molecular weight excluding hydrogens is 378 g/mol. The smallest absolute Gasteiger partial charge is 0.315 e. The Bertz CT molecular complexity index is 986. The lowest BCUT2D eigenvalue weighted by atomic mass is 10.1. The number of ether oxygens (including phenoxy) is 2. The van der Waals surface area contributed by atoms with Gasteiger partial charge in [0.15, 0.2) is 0 Å². The molecule has 1 N–H and O–H groups in total. The zero-order chi connectivity index (χ0) is 19.9. The van der Waals surface area contributed by atoms with Crippen molar-refractivity contribution < 1.29 is 19.1 Å². The van der Waals surface area contributed by atoms with Crippen molar-refractivity contribution in [3.63, 3.8) is 0 Å². The van der Waals surface area contributed by atoms with Crippen LogP contribution in [0.15, 0.2) is 72.8 Å². The number of halogens is 1. The first-order chi connectivity index (χ1) is 13.6. The van der Waals surface area contributed by atoms with Gasteiger partial charge in [-0.05, 0) is 42.5 Å². The van der Waals surface area contributed by atoms with Gasteiger partial charge in [-0.15, -0.1) is 0 Å². The summed E-state index contributed by atoms with van der Waals surface area (Å²) in [5, 5.41) is 3.13. The van der Waals surface area contributed by atoms with E-state index >= 15 is 0 Å². The first-order valence-electron chi connectivity index (χ1n) is 8.55. The molecule has 28 heavy (non-hydrogen) atoms. The van der Waals surface area contributed by atoms with Gasteiger partial charge in [0.1, 0.15) is 11.5 Å². The van der Waals surface area contributed by atoms with E-state index in [2.05, 4.69) is 5.32 Å². The number of rotatable bonds is 6. The Morgan fingerprint density at radius 2 is 1.61 bits per heavy atom. The van der Waals surface area contributed by atoms with Gasteiger partial charge in [-0.3, -0.25) is 9.59 Å². The highest BCUT2D eigenvalue weighted by molar-refractivity contribution is 6.34. The maximum atomic E-state index is 12.3. The van der Waals surface area contributed by atoms with Gasteiger partial charge < -0.3 is 14.8 Å². The molecule has 0 aliphatic carbocycles. The summed E-state index contributed by atoms with van der Waals surface area (Å²) in [6.07, 6.45) is 0.0923. The summed E-state index contributed by atoms with van der Waals surface area (Å²) in [6, 6.07) is 20.6. The number of methoxy groups -OCH3 is 1. The minimum Gasteiger partial charge on any atom is -0.496 e. The molecule has 0 unspecified atom stereocenters. The Labute approximate surface area is 167 Å². The van der Waals surface area contributed by atoms with Crippen molar-refractivity contribution in [1.29, 1.82) is 0 Å². The normalized spacial score (nSPS) is 10.2. The third-order valence-electron chi connectivity index (χ3n) is 3.99. The number of amides is 1. The van der Waals surface area contributed by atoms with Crippen LogP contribution in [-0.2, 0) is 11.2 Å². The van der Waals surface area contributed by atoms with Gasteiger partial charge >= 0.3 is 5.97 Å². The van der Waals surface area contributed by atoms with Crippen LogP contribution >= 0.6 is 11.6 Å². The van der Waals surface area contributed by atoms with Crippen molar-refractivity contribution in [2.45, 2.75) is 6.42 Å². The number of hydrogen-bond donors (Lipinski definition) is 1. The fourth-order valence-corrected chi connectivity index (χ4v) is 2.84. The Morgan fingerprint density at radius 3 is 2.32 bits per heavy atom. The highest BCUT2D eigenvalue weighted by Gasteiger charge is 2.12. The molecule has 0 aliphatic heterocycles. The Morgan fingerprint density at radius 1 is 0.929 bits per heavy atom. The maximum absolute atomic E-state index is 12.3. The average Bonchev–Trinajstić information content (AvgIpc) is 2.70. The maximum Gasteiger partial charge on any atom is 0.315 e. The van der Waals surface area contributed by atoms with Crippen LogP contribution in [0.5, 0.6) is 11.5 Å². The summed E-state index contributed by atoms with van der Waals surface area (Å²) >= 11 is 6.03. The molecule has 6 heteroatoms. The van der Waals surface area contributed by atoms with Crippen LogP contribution in [0, 0.1) is 0 Å². The lowest BCUT2D eigenvalue weighted by Gasteiger charge is -2.09. The summed E-state index contributed by atoms with van der Waals surface area (Å²) in [5.41, 5.74) is 1.70. The molecule has 3 aromatic rings. The lowest BCUT2D eigenvalue weighted by Crippen LogP contribution is -2.13. The molecule has 0 atom stereocenters. The molecule has 5 nitrogen and oxygen atoms in total. The van der Waals surface area contributed by atoms with Crippen molar-refractivity contribution in [2.24, 2.45) is 0 Å². The van der Waals surface area contributed by atoms with Gasteiger partial charge in [-0.2, -0.15) is 0 Å². The molecular formula is C22H18ClNO4. The van der Waals surface area contributed by atoms with E-state index in [1.54, 1.807) is 61.7 Å². The SMILES string of the molecule is COc1ccccc1CC(=O)Oc1ccc(NC(=O)c2ccccc2Cl)cc1. The van der Waals surface area contributed by atoms with Crippen LogP contribution in [0.1, 0.15) is 15.9 Å². The predicted molar refractivity (Wildman–Crippen MR) is 108 cm³/mol. The molecule has 0 spiro atoms. The Kier molecular flexibility index (Phi) is 6.29. The highest BCUT2D eigenvalue weighted by atomic mass is 35.5. The summed E-state index contributed by atoms with van der Waals surface area (Å²) < 4.78 is 10.6. The molecule has 0 radical (unpaired) electrons. The van der Waals surface area contributed by atoms with Gasteiger partial charge in [-0.1, -0.05) is 41.9 Å². The summed E-state index contributed by atoms with van der Waals surface area (Å²) in [6.45, 7) is 0. The monoisotopic (exact) mass is 395 g/mol. The summed E-state index contributed by atoms with van der Waals surface area (Å²) in [7, 11) is 1.56. The number of nitrogens with one attached hydrogen (secondary N) is 1. The molecule has 0 fully saturated rings. The largest absolute Gasteiger partial charge is 0.496 e. The molecule has 0 heterocycles. The topological polar surface area (TPSA) is 64.6 Å². The highest BCUT2D eigenvalue weighted by Crippen LogP contribution is 2.21. The van der Waals surface area contributed by atoms with Crippen LogP contribution in [-0.4, -0.2) is 19.0 Å². The zero-order valence-corrected chi connectivity index (χ0v) is 15.9. The third kappa shape index (κ3) is 4.90. The van der Waals surface area contributed by atoms with Gasteiger partial charge in [0.2, 0.25) is 0 Å². The van der Waals surface area contributed by atoms with Gasteiger partial charge in [-0.25, -0.2) is 0 Å². The summed E-state index contributed by atoms with van der Waals surface area (Å²) in [5.74, 6) is 0.302. The van der Waals surface area contributed by atoms with Crippen LogP contribution in [0.4, 0.5) is 5.69 Å².